The Bertz CT molecular complexity index is 338. The quantitative estimate of drug-likeness (QED) is 0.670. The summed E-state index contributed by atoms with van der Waals surface area (Å²) in [4.78, 5) is 24.9. The van der Waals surface area contributed by atoms with Crippen LogP contribution in [0.2, 0.25) is 0 Å². The third-order valence-corrected chi connectivity index (χ3v) is 4.03. The number of carbonyl (C=O) groups excluding carboxylic acids is 1. The number of amides is 2. The Labute approximate surface area is 114 Å². The maximum atomic E-state index is 11.8. The van der Waals surface area contributed by atoms with Gasteiger partial charge in [0, 0.05) is 12.1 Å². The molecule has 0 radical (unpaired) electrons. The predicted molar refractivity (Wildman–Crippen MR) is 73.1 cm³/mol. The number of urea groups is 1. The van der Waals surface area contributed by atoms with Crippen LogP contribution in [0.15, 0.2) is 0 Å². The van der Waals surface area contributed by atoms with Gasteiger partial charge in [-0.05, 0) is 39.3 Å². The molecule has 6 nitrogen and oxygen atoms in total. The van der Waals surface area contributed by atoms with Crippen molar-refractivity contribution in [3.63, 3.8) is 0 Å². The van der Waals surface area contributed by atoms with E-state index in [9.17, 15) is 9.59 Å². The van der Waals surface area contributed by atoms with Gasteiger partial charge in [0.15, 0.2) is 0 Å². The Morgan fingerprint density at radius 2 is 1.89 bits per heavy atom. The lowest BCUT2D eigenvalue weighted by molar-refractivity contribution is -0.140. The predicted octanol–water partition coefficient (Wildman–Crippen LogP) is 0.879. The van der Waals surface area contributed by atoms with E-state index in [0.717, 1.165) is 12.8 Å². The highest BCUT2D eigenvalue weighted by Gasteiger charge is 2.39. The fourth-order valence-electron chi connectivity index (χ4n) is 2.32. The van der Waals surface area contributed by atoms with Crippen molar-refractivity contribution in [1.29, 1.82) is 0 Å². The van der Waals surface area contributed by atoms with E-state index in [-0.39, 0.29) is 11.5 Å². The van der Waals surface area contributed by atoms with E-state index in [1.54, 1.807) is 13.8 Å². The van der Waals surface area contributed by atoms with Crippen molar-refractivity contribution in [3.8, 4) is 0 Å². The van der Waals surface area contributed by atoms with E-state index in [4.69, 9.17) is 5.11 Å². The smallest absolute Gasteiger partial charge is 0.326 e. The summed E-state index contributed by atoms with van der Waals surface area (Å²) in [5.74, 6) is -1.15. The lowest BCUT2D eigenvalue weighted by Crippen LogP contribution is -2.59. The first-order valence-electron chi connectivity index (χ1n) is 6.73. The second-order valence-corrected chi connectivity index (χ2v) is 5.86. The van der Waals surface area contributed by atoms with Crippen LogP contribution in [0.1, 0.15) is 33.1 Å². The average Bonchev–Trinajstić information content (AvgIpc) is 2.22. The minimum Gasteiger partial charge on any atom is -0.480 e. The molecule has 0 aromatic carbocycles. The molecule has 0 saturated heterocycles. The summed E-state index contributed by atoms with van der Waals surface area (Å²) in [5, 5.41) is 14.3. The van der Waals surface area contributed by atoms with E-state index in [1.807, 2.05) is 14.1 Å². The van der Waals surface area contributed by atoms with Crippen LogP contribution >= 0.6 is 0 Å². The standard InChI is InChI=1S/C13H25N3O3/c1-9(2)10(11(17)18)15-12(19)14-8-13(16(3)4)6-5-7-13/h9-10H,5-8H2,1-4H3,(H,17,18)(H2,14,15,19). The SMILES string of the molecule is CC(C)C(NC(=O)NCC1(N(C)C)CCC1)C(=O)O. The summed E-state index contributed by atoms with van der Waals surface area (Å²) in [6.45, 7) is 4.09. The fourth-order valence-corrected chi connectivity index (χ4v) is 2.32. The van der Waals surface area contributed by atoms with Crippen molar-refractivity contribution in [2.24, 2.45) is 5.92 Å². The molecule has 0 aromatic heterocycles. The minimum absolute atomic E-state index is 0.0356. The molecule has 1 aliphatic rings. The number of carboxylic acid groups (broad SMARTS) is 1. The number of carbonyl (C=O) groups is 2. The van der Waals surface area contributed by atoms with Gasteiger partial charge in [-0.3, -0.25) is 0 Å². The number of nitrogens with one attached hydrogen (secondary N) is 2. The molecule has 1 unspecified atom stereocenters. The molecule has 1 saturated carbocycles. The van der Waals surface area contributed by atoms with Crippen LogP contribution in [0.5, 0.6) is 0 Å². The highest BCUT2D eigenvalue weighted by atomic mass is 16.4. The Morgan fingerprint density at radius 3 is 2.21 bits per heavy atom. The van der Waals surface area contributed by atoms with Gasteiger partial charge in [-0.15, -0.1) is 0 Å². The van der Waals surface area contributed by atoms with Crippen molar-refractivity contribution in [2.45, 2.75) is 44.7 Å². The summed E-state index contributed by atoms with van der Waals surface area (Å²) in [7, 11) is 4.01. The maximum Gasteiger partial charge on any atom is 0.326 e. The molecular weight excluding hydrogens is 246 g/mol. The fraction of sp³-hybridized carbons (Fsp3) is 0.846. The van der Waals surface area contributed by atoms with Crippen LogP contribution < -0.4 is 10.6 Å². The molecule has 0 aliphatic heterocycles. The lowest BCUT2D eigenvalue weighted by atomic mass is 9.75. The number of hydrogen-bond acceptors (Lipinski definition) is 3. The van der Waals surface area contributed by atoms with Gasteiger partial charge in [0.1, 0.15) is 6.04 Å². The summed E-state index contributed by atoms with van der Waals surface area (Å²) in [6, 6.07) is -1.26. The van der Waals surface area contributed by atoms with Crippen molar-refractivity contribution in [3.05, 3.63) is 0 Å². The zero-order valence-electron chi connectivity index (χ0n) is 12.2. The number of rotatable bonds is 6. The van der Waals surface area contributed by atoms with Crippen molar-refractivity contribution >= 4 is 12.0 Å². The molecule has 1 aliphatic carbocycles. The maximum absolute atomic E-state index is 11.8. The van der Waals surface area contributed by atoms with Gasteiger partial charge in [-0.25, -0.2) is 9.59 Å². The van der Waals surface area contributed by atoms with E-state index >= 15 is 0 Å². The van der Waals surface area contributed by atoms with Crippen LogP contribution in [-0.4, -0.2) is 54.2 Å². The van der Waals surface area contributed by atoms with E-state index < -0.39 is 18.0 Å². The van der Waals surface area contributed by atoms with E-state index in [1.165, 1.54) is 6.42 Å². The first kappa shape index (κ1) is 15.8. The van der Waals surface area contributed by atoms with Crippen molar-refractivity contribution < 1.29 is 14.7 Å². The van der Waals surface area contributed by atoms with Gasteiger partial charge < -0.3 is 20.6 Å². The number of hydrogen-bond donors (Lipinski definition) is 3. The van der Waals surface area contributed by atoms with Crippen LogP contribution in [0.4, 0.5) is 4.79 Å². The van der Waals surface area contributed by atoms with Gasteiger partial charge in [0.05, 0.1) is 0 Å². The second kappa shape index (κ2) is 6.23. The molecule has 0 aromatic rings. The Balaban J connectivity index is 2.45. The van der Waals surface area contributed by atoms with Crippen molar-refractivity contribution in [1.82, 2.24) is 15.5 Å². The van der Waals surface area contributed by atoms with Gasteiger partial charge in [-0.2, -0.15) is 0 Å². The third-order valence-electron chi connectivity index (χ3n) is 4.03. The number of aliphatic carboxylic acids is 1. The summed E-state index contributed by atoms with van der Waals surface area (Å²) in [6.07, 6.45) is 3.30. The monoisotopic (exact) mass is 271 g/mol. The van der Waals surface area contributed by atoms with Gasteiger partial charge >= 0.3 is 12.0 Å². The van der Waals surface area contributed by atoms with Crippen LogP contribution in [0.3, 0.4) is 0 Å². The average molecular weight is 271 g/mol. The number of carboxylic acids is 1. The zero-order chi connectivity index (χ0) is 14.6. The second-order valence-electron chi connectivity index (χ2n) is 5.86. The number of nitrogens with zero attached hydrogens (tertiary/aromatic N) is 1. The normalized spacial score (nSPS) is 18.8. The Kier molecular flexibility index (Phi) is 5.17. The molecule has 19 heavy (non-hydrogen) atoms. The van der Waals surface area contributed by atoms with Crippen LogP contribution in [0, 0.1) is 5.92 Å². The molecule has 2 amide bonds. The molecule has 1 rings (SSSR count). The van der Waals surface area contributed by atoms with Gasteiger partial charge in [0.25, 0.3) is 0 Å². The molecular formula is C13H25N3O3. The summed E-state index contributed by atoms with van der Waals surface area (Å²) in [5.41, 5.74) is 0.0356. The first-order valence-corrected chi connectivity index (χ1v) is 6.73. The first-order chi connectivity index (χ1) is 8.78. The molecule has 0 bridgehead atoms. The highest BCUT2D eigenvalue weighted by molar-refractivity contribution is 5.82. The Hall–Kier alpha value is -1.30. The van der Waals surface area contributed by atoms with Gasteiger partial charge in [-0.1, -0.05) is 13.8 Å². The van der Waals surface area contributed by atoms with Crippen molar-refractivity contribution in [2.75, 3.05) is 20.6 Å². The summed E-state index contributed by atoms with van der Waals surface area (Å²) >= 11 is 0. The van der Waals surface area contributed by atoms with E-state index in [0.29, 0.717) is 6.54 Å². The van der Waals surface area contributed by atoms with Gasteiger partial charge in [0.2, 0.25) is 0 Å². The molecule has 0 spiro atoms. The highest BCUT2D eigenvalue weighted by Crippen LogP contribution is 2.35. The molecule has 1 atom stereocenters. The number of likely N-dealkylation sites (N-methyl/N-ethyl adjacent to an activating group) is 1. The molecule has 3 N–H and O–H groups in total. The summed E-state index contributed by atoms with van der Waals surface area (Å²) < 4.78 is 0. The molecule has 0 heterocycles. The third kappa shape index (κ3) is 3.83. The molecule has 1 fully saturated rings. The Morgan fingerprint density at radius 1 is 1.32 bits per heavy atom. The molecule has 110 valence electrons. The lowest BCUT2D eigenvalue weighted by Gasteiger charge is -2.47. The topological polar surface area (TPSA) is 81.7 Å². The zero-order valence-corrected chi connectivity index (χ0v) is 12.2. The molecule has 6 heteroatoms. The van der Waals surface area contributed by atoms with E-state index in [2.05, 4.69) is 15.5 Å². The van der Waals surface area contributed by atoms with Crippen LogP contribution in [-0.2, 0) is 4.79 Å². The van der Waals surface area contributed by atoms with Crippen LogP contribution in [0.25, 0.3) is 0 Å². The largest absolute Gasteiger partial charge is 0.480 e. The minimum atomic E-state index is -1.00.